The Morgan fingerprint density at radius 3 is 2.46 bits per heavy atom. The van der Waals surface area contributed by atoms with Crippen molar-refractivity contribution in [2.24, 2.45) is 28.0 Å². The van der Waals surface area contributed by atoms with Gasteiger partial charge in [-0.15, -0.1) is 0 Å². The molecule has 3 atom stereocenters. The molecule has 6 rings (SSSR count). The lowest BCUT2D eigenvalue weighted by Gasteiger charge is -2.50. The van der Waals surface area contributed by atoms with Crippen LogP contribution in [0.1, 0.15) is 74.1 Å². The maximum atomic E-state index is 15.0. The number of hydrogen-bond donors (Lipinski definition) is 1. The van der Waals surface area contributed by atoms with Gasteiger partial charge in [-0.05, 0) is 98.6 Å². The van der Waals surface area contributed by atoms with Gasteiger partial charge < -0.3 is 10.5 Å². The molecule has 2 aromatic carbocycles. The standard InChI is InChI=1S/C34H42N2O4S/c1-22-29(14-12-24-5-4-6-28(19-24)41(3,38)39)31(37)34(36-32(22)35)30-20-25(10-9-23-7-8-23)11-13-26(30)21-33(34)17-15-27(40-2)16-18-33/h4-7,11,13,19-20,22,27,29H,8-10,12,14-18,21H2,1-3H3,(H2,35,36). The Labute approximate surface area is 244 Å². The molecular formula is C34H42N2O4S. The third-order valence-electron chi connectivity index (χ3n) is 10.4. The van der Waals surface area contributed by atoms with E-state index in [2.05, 4.69) is 24.3 Å². The number of nitrogens with zero attached hydrogens (tertiary/aromatic N) is 1. The molecule has 2 spiro atoms. The van der Waals surface area contributed by atoms with Gasteiger partial charge in [-0.1, -0.05) is 48.9 Å². The molecule has 218 valence electrons. The highest BCUT2D eigenvalue weighted by Crippen LogP contribution is 2.62. The molecule has 0 amide bonds. The van der Waals surface area contributed by atoms with Crippen molar-refractivity contribution in [2.75, 3.05) is 13.4 Å². The Hall–Kier alpha value is -2.77. The van der Waals surface area contributed by atoms with Crippen LogP contribution in [0.4, 0.5) is 0 Å². The van der Waals surface area contributed by atoms with Crippen molar-refractivity contribution in [3.63, 3.8) is 0 Å². The second-order valence-electron chi connectivity index (χ2n) is 12.9. The van der Waals surface area contributed by atoms with E-state index in [9.17, 15) is 8.42 Å². The lowest BCUT2D eigenvalue weighted by atomic mass is 9.56. The number of methoxy groups -OCH3 is 1. The van der Waals surface area contributed by atoms with Crippen LogP contribution in [0.5, 0.6) is 0 Å². The molecule has 3 unspecified atom stereocenters. The molecule has 2 N–H and O–H groups in total. The summed E-state index contributed by atoms with van der Waals surface area (Å²) in [4.78, 5) is 20.6. The highest BCUT2D eigenvalue weighted by atomic mass is 32.2. The summed E-state index contributed by atoms with van der Waals surface area (Å²) in [7, 11) is -1.53. The Bertz CT molecular complexity index is 1530. The molecule has 41 heavy (non-hydrogen) atoms. The minimum atomic E-state index is -3.31. The fourth-order valence-corrected chi connectivity index (χ4v) is 8.50. The molecule has 0 radical (unpaired) electrons. The van der Waals surface area contributed by atoms with E-state index in [0.29, 0.717) is 23.6 Å². The topological polar surface area (TPSA) is 98.8 Å². The first-order valence-corrected chi connectivity index (χ1v) is 17.0. The molecule has 1 aliphatic heterocycles. The van der Waals surface area contributed by atoms with E-state index in [1.165, 1.54) is 23.0 Å². The van der Waals surface area contributed by atoms with Crippen LogP contribution in [0.2, 0.25) is 0 Å². The van der Waals surface area contributed by atoms with Crippen LogP contribution in [0.15, 0.2) is 64.0 Å². The summed E-state index contributed by atoms with van der Waals surface area (Å²) < 4.78 is 30.1. The molecule has 2 aromatic rings. The van der Waals surface area contributed by atoms with Gasteiger partial charge in [0.2, 0.25) is 0 Å². The summed E-state index contributed by atoms with van der Waals surface area (Å²) >= 11 is 0. The van der Waals surface area contributed by atoms with Crippen LogP contribution < -0.4 is 5.73 Å². The normalized spacial score (nSPS) is 30.8. The van der Waals surface area contributed by atoms with Crippen LogP contribution in [0, 0.1) is 17.3 Å². The fraction of sp³-hybridized carbons (Fsp3) is 0.529. The number of aryl methyl sites for hydroxylation is 2. The number of ether oxygens (including phenoxy) is 1. The Morgan fingerprint density at radius 2 is 1.78 bits per heavy atom. The molecule has 0 bridgehead atoms. The van der Waals surface area contributed by atoms with Crippen molar-refractivity contribution in [2.45, 2.75) is 87.7 Å². The van der Waals surface area contributed by atoms with Gasteiger partial charge in [0.15, 0.2) is 21.2 Å². The molecule has 6 nitrogen and oxygen atoms in total. The third-order valence-corrected chi connectivity index (χ3v) is 11.6. The number of fused-ring (bicyclic) bond motifs is 3. The van der Waals surface area contributed by atoms with Crippen molar-refractivity contribution in [3.05, 3.63) is 76.4 Å². The number of Topliss-reactive ketones (excluding diaryl/α,β-unsaturated/α-hetero) is 1. The van der Waals surface area contributed by atoms with E-state index >= 15 is 4.79 Å². The van der Waals surface area contributed by atoms with Crippen LogP contribution in [0.25, 0.3) is 0 Å². The summed E-state index contributed by atoms with van der Waals surface area (Å²) in [5.41, 5.74) is 11.5. The maximum absolute atomic E-state index is 15.0. The number of carbonyl (C=O) groups is 1. The number of aliphatic imine (C=N–C) groups is 1. The predicted octanol–water partition coefficient (Wildman–Crippen LogP) is 5.50. The van der Waals surface area contributed by atoms with Gasteiger partial charge >= 0.3 is 0 Å². The predicted molar refractivity (Wildman–Crippen MR) is 162 cm³/mol. The Balaban J connectivity index is 1.38. The lowest BCUT2D eigenvalue weighted by molar-refractivity contribution is -0.137. The summed E-state index contributed by atoms with van der Waals surface area (Å²) in [6.07, 6.45) is 12.5. The van der Waals surface area contributed by atoms with Gasteiger partial charge in [-0.2, -0.15) is 0 Å². The smallest absolute Gasteiger partial charge is 0.175 e. The van der Waals surface area contributed by atoms with E-state index in [0.717, 1.165) is 62.5 Å². The monoisotopic (exact) mass is 574 g/mol. The summed E-state index contributed by atoms with van der Waals surface area (Å²) in [6, 6.07) is 13.8. The van der Waals surface area contributed by atoms with Crippen LogP contribution in [-0.4, -0.2) is 39.5 Å². The molecule has 1 heterocycles. The lowest BCUT2D eigenvalue weighted by Crippen LogP contribution is -2.57. The van der Waals surface area contributed by atoms with E-state index in [1.54, 1.807) is 25.3 Å². The SMILES string of the molecule is COC1CCC2(CC1)Cc1ccc(CCC3=CC3)cc1C21N=C(N)C(C)C(CCc2cccc(S(C)(=O)=O)c2)C1=O. The highest BCUT2D eigenvalue weighted by molar-refractivity contribution is 7.90. The molecule has 3 aliphatic carbocycles. The third kappa shape index (κ3) is 4.99. The zero-order chi connectivity index (χ0) is 29.0. The van der Waals surface area contributed by atoms with Crippen molar-refractivity contribution in [1.82, 2.24) is 0 Å². The van der Waals surface area contributed by atoms with Gasteiger partial charge in [0.25, 0.3) is 0 Å². The van der Waals surface area contributed by atoms with Crippen molar-refractivity contribution in [1.29, 1.82) is 0 Å². The average molecular weight is 575 g/mol. The zero-order valence-corrected chi connectivity index (χ0v) is 25.3. The average Bonchev–Trinajstić information content (AvgIpc) is 3.75. The van der Waals surface area contributed by atoms with Gasteiger partial charge in [-0.25, -0.2) is 8.42 Å². The number of carbonyl (C=O) groups excluding carboxylic acids is 1. The van der Waals surface area contributed by atoms with Gasteiger partial charge in [0.1, 0.15) is 0 Å². The number of benzene rings is 2. The van der Waals surface area contributed by atoms with Crippen molar-refractivity contribution >= 4 is 21.5 Å². The number of sulfone groups is 1. The molecule has 0 aromatic heterocycles. The van der Waals surface area contributed by atoms with E-state index in [4.69, 9.17) is 15.5 Å². The fourth-order valence-electron chi connectivity index (χ4n) is 7.81. The van der Waals surface area contributed by atoms with Gasteiger partial charge in [0.05, 0.1) is 16.8 Å². The molecule has 7 heteroatoms. The zero-order valence-electron chi connectivity index (χ0n) is 24.5. The number of hydrogen-bond acceptors (Lipinski definition) is 6. The van der Waals surface area contributed by atoms with Crippen LogP contribution in [0.3, 0.4) is 0 Å². The van der Waals surface area contributed by atoms with Crippen LogP contribution >= 0.6 is 0 Å². The summed E-state index contributed by atoms with van der Waals surface area (Å²) in [5, 5.41) is 0. The number of ketones is 1. The maximum Gasteiger partial charge on any atom is 0.175 e. The molecule has 1 fully saturated rings. The van der Waals surface area contributed by atoms with Crippen molar-refractivity contribution < 1.29 is 17.9 Å². The molecular weight excluding hydrogens is 532 g/mol. The van der Waals surface area contributed by atoms with Crippen LogP contribution in [-0.2, 0) is 44.2 Å². The highest BCUT2D eigenvalue weighted by Gasteiger charge is 2.65. The molecule has 4 aliphatic rings. The first-order chi connectivity index (χ1) is 19.6. The van der Waals surface area contributed by atoms with E-state index < -0.39 is 15.4 Å². The quantitative estimate of drug-likeness (QED) is 0.420. The second kappa shape index (κ2) is 10.5. The van der Waals surface area contributed by atoms with Gasteiger partial charge in [0, 0.05) is 30.6 Å². The Kier molecular flexibility index (Phi) is 7.26. The summed E-state index contributed by atoms with van der Waals surface area (Å²) in [5.74, 6) is 0.287. The van der Waals surface area contributed by atoms with E-state index in [-0.39, 0.29) is 29.1 Å². The first-order valence-electron chi connectivity index (χ1n) is 15.1. The number of amidine groups is 1. The van der Waals surface area contributed by atoms with Gasteiger partial charge in [-0.3, -0.25) is 9.79 Å². The minimum absolute atomic E-state index is 0.174. The number of nitrogens with two attached hydrogens (primary N) is 1. The van der Waals surface area contributed by atoms with E-state index in [1.807, 2.05) is 13.0 Å². The summed E-state index contributed by atoms with van der Waals surface area (Å²) in [6.45, 7) is 2.02. The number of allylic oxidation sites excluding steroid dienone is 2. The van der Waals surface area contributed by atoms with Crippen molar-refractivity contribution in [3.8, 4) is 0 Å². The largest absolute Gasteiger partial charge is 0.387 e. The molecule has 1 saturated carbocycles. The molecule has 0 saturated heterocycles. The first kappa shape index (κ1) is 28.4. The second-order valence-corrected chi connectivity index (χ2v) is 14.9. The number of rotatable bonds is 8. The Morgan fingerprint density at radius 1 is 1.05 bits per heavy atom. The minimum Gasteiger partial charge on any atom is -0.387 e.